The number of nitrogens with one attached hydrogen (secondary N) is 1. The zero-order chi connectivity index (χ0) is 13.7. The molecule has 1 fully saturated rings. The topological polar surface area (TPSA) is 108 Å². The van der Waals surface area contributed by atoms with Gasteiger partial charge in [-0.3, -0.25) is 4.79 Å². The van der Waals surface area contributed by atoms with Gasteiger partial charge in [-0.05, 0) is 6.42 Å². The lowest BCUT2D eigenvalue weighted by Crippen LogP contribution is -2.64. The molecule has 0 aromatic carbocycles. The van der Waals surface area contributed by atoms with Crippen LogP contribution in [0, 0.1) is 0 Å². The van der Waals surface area contributed by atoms with Crippen LogP contribution in [0.3, 0.4) is 0 Å². The molecule has 0 aromatic heterocycles. The van der Waals surface area contributed by atoms with Gasteiger partial charge in [0.1, 0.15) is 24.4 Å². The molecule has 0 aromatic rings. The van der Waals surface area contributed by atoms with Gasteiger partial charge in [-0.2, -0.15) is 0 Å². The molecule has 5 unspecified atom stereocenters. The van der Waals surface area contributed by atoms with E-state index in [0.29, 0.717) is 6.61 Å². The highest BCUT2D eigenvalue weighted by atomic mass is 16.7. The quantitative estimate of drug-likeness (QED) is 0.473. The van der Waals surface area contributed by atoms with Gasteiger partial charge in [-0.1, -0.05) is 6.92 Å². The summed E-state index contributed by atoms with van der Waals surface area (Å²) in [4.78, 5) is 11.1. The Morgan fingerprint density at radius 2 is 2.06 bits per heavy atom. The Hall–Kier alpha value is -0.730. The van der Waals surface area contributed by atoms with Crippen molar-refractivity contribution in [1.82, 2.24) is 5.32 Å². The van der Waals surface area contributed by atoms with Crippen LogP contribution in [0.4, 0.5) is 0 Å². The minimum Gasteiger partial charge on any atom is -0.394 e. The van der Waals surface area contributed by atoms with E-state index in [9.17, 15) is 15.0 Å². The second-order valence-corrected chi connectivity index (χ2v) is 4.30. The average molecular weight is 263 g/mol. The minimum atomic E-state index is -1.27. The minimum absolute atomic E-state index is 0.359. The molecule has 0 aliphatic carbocycles. The predicted octanol–water partition coefficient (Wildman–Crippen LogP) is -1.64. The smallest absolute Gasteiger partial charge is 0.217 e. The molecule has 1 rings (SSSR count). The van der Waals surface area contributed by atoms with Crippen molar-refractivity contribution < 1.29 is 29.6 Å². The second kappa shape index (κ2) is 7.01. The van der Waals surface area contributed by atoms with Crippen LogP contribution in [0.15, 0.2) is 0 Å². The van der Waals surface area contributed by atoms with E-state index in [-0.39, 0.29) is 5.91 Å². The van der Waals surface area contributed by atoms with Crippen LogP contribution in [0.25, 0.3) is 0 Å². The van der Waals surface area contributed by atoms with Crippen LogP contribution in [0.5, 0.6) is 0 Å². The van der Waals surface area contributed by atoms with E-state index < -0.39 is 37.3 Å². The van der Waals surface area contributed by atoms with Crippen LogP contribution in [-0.2, 0) is 14.3 Å². The molecule has 0 spiro atoms. The van der Waals surface area contributed by atoms with Gasteiger partial charge >= 0.3 is 0 Å². The zero-order valence-electron chi connectivity index (χ0n) is 10.6. The third kappa shape index (κ3) is 3.63. The monoisotopic (exact) mass is 263 g/mol. The molecule has 7 heteroatoms. The van der Waals surface area contributed by atoms with Gasteiger partial charge < -0.3 is 30.1 Å². The first kappa shape index (κ1) is 15.3. The number of hydrogen-bond donors (Lipinski definition) is 4. The number of aliphatic hydroxyl groups is 3. The summed E-state index contributed by atoms with van der Waals surface area (Å²) in [6, 6.07) is -0.855. The van der Waals surface area contributed by atoms with Crippen molar-refractivity contribution >= 4 is 5.91 Å². The summed E-state index contributed by atoms with van der Waals surface area (Å²) >= 11 is 0. The van der Waals surface area contributed by atoms with Crippen LogP contribution in [0.2, 0.25) is 0 Å². The molecule has 0 bridgehead atoms. The lowest BCUT2D eigenvalue weighted by atomic mass is 9.97. The van der Waals surface area contributed by atoms with Gasteiger partial charge in [0.15, 0.2) is 6.29 Å². The van der Waals surface area contributed by atoms with Gasteiger partial charge in [0.25, 0.3) is 0 Å². The highest BCUT2D eigenvalue weighted by molar-refractivity contribution is 5.73. The Kier molecular flexibility index (Phi) is 5.97. The van der Waals surface area contributed by atoms with Gasteiger partial charge in [0.2, 0.25) is 5.91 Å². The molecule has 18 heavy (non-hydrogen) atoms. The number of rotatable bonds is 5. The highest BCUT2D eigenvalue weighted by Crippen LogP contribution is 2.22. The zero-order valence-corrected chi connectivity index (χ0v) is 10.6. The van der Waals surface area contributed by atoms with E-state index in [2.05, 4.69) is 5.32 Å². The number of carbonyl (C=O) groups excluding carboxylic acids is 1. The van der Waals surface area contributed by atoms with E-state index >= 15 is 0 Å². The van der Waals surface area contributed by atoms with Crippen LogP contribution < -0.4 is 5.32 Å². The van der Waals surface area contributed by atoms with Crippen molar-refractivity contribution in [1.29, 1.82) is 0 Å². The maximum absolute atomic E-state index is 11.1. The summed E-state index contributed by atoms with van der Waals surface area (Å²) in [5, 5.41) is 31.2. The van der Waals surface area contributed by atoms with Gasteiger partial charge in [-0.25, -0.2) is 0 Å². The fourth-order valence-corrected chi connectivity index (χ4v) is 1.85. The van der Waals surface area contributed by atoms with Crippen molar-refractivity contribution in [3.8, 4) is 0 Å². The summed E-state index contributed by atoms with van der Waals surface area (Å²) < 4.78 is 10.7. The molecule has 5 atom stereocenters. The van der Waals surface area contributed by atoms with Crippen molar-refractivity contribution in [3.05, 3.63) is 0 Å². The first-order valence-electron chi connectivity index (χ1n) is 6.02. The Bertz CT molecular complexity index is 274. The van der Waals surface area contributed by atoms with Gasteiger partial charge in [0.05, 0.1) is 6.61 Å². The number of aliphatic hydroxyl groups excluding tert-OH is 3. The number of carbonyl (C=O) groups is 1. The fourth-order valence-electron chi connectivity index (χ4n) is 1.85. The Morgan fingerprint density at radius 1 is 1.39 bits per heavy atom. The average Bonchev–Trinajstić information content (AvgIpc) is 2.33. The van der Waals surface area contributed by atoms with Crippen LogP contribution in [-0.4, -0.2) is 65.1 Å². The van der Waals surface area contributed by atoms with Gasteiger partial charge in [0, 0.05) is 13.5 Å². The molecule has 0 saturated carbocycles. The Labute approximate surface area is 106 Å². The molecule has 1 aliphatic heterocycles. The second-order valence-electron chi connectivity index (χ2n) is 4.30. The van der Waals surface area contributed by atoms with Crippen LogP contribution in [0.1, 0.15) is 20.3 Å². The Morgan fingerprint density at radius 3 is 2.56 bits per heavy atom. The summed E-state index contributed by atoms with van der Waals surface area (Å²) in [7, 11) is 0. The number of ether oxygens (including phenoxy) is 2. The molecule has 1 heterocycles. The third-order valence-corrected chi connectivity index (χ3v) is 2.74. The van der Waals surface area contributed by atoms with E-state index in [1.54, 1.807) is 0 Å². The fraction of sp³-hybridized carbons (Fsp3) is 0.909. The van der Waals surface area contributed by atoms with E-state index in [0.717, 1.165) is 6.42 Å². The van der Waals surface area contributed by atoms with Crippen molar-refractivity contribution in [3.63, 3.8) is 0 Å². The maximum atomic E-state index is 11.1. The summed E-state index contributed by atoms with van der Waals surface area (Å²) in [6.45, 7) is 3.16. The lowest BCUT2D eigenvalue weighted by molar-refractivity contribution is -0.270. The molecule has 0 radical (unpaired) electrons. The van der Waals surface area contributed by atoms with Crippen LogP contribution >= 0.6 is 0 Å². The molecule has 4 N–H and O–H groups in total. The molecule has 7 nitrogen and oxygen atoms in total. The maximum Gasteiger partial charge on any atom is 0.217 e. The Balaban J connectivity index is 2.76. The molecule has 1 amide bonds. The van der Waals surface area contributed by atoms with Crippen molar-refractivity contribution in [2.75, 3.05) is 13.2 Å². The molecular weight excluding hydrogens is 242 g/mol. The van der Waals surface area contributed by atoms with Gasteiger partial charge in [-0.15, -0.1) is 0 Å². The standard InChI is InChI=1S/C11H21NO6/c1-3-4-17-11-8(12-6(2)14)10(16)9(15)7(5-13)18-11/h7-11,13,15-16H,3-5H2,1-2H3,(H,12,14). The third-order valence-electron chi connectivity index (χ3n) is 2.74. The normalized spacial score (nSPS) is 36.4. The molecular formula is C11H21NO6. The SMILES string of the molecule is CCCOC1OC(CO)C(O)C(O)C1NC(C)=O. The van der Waals surface area contributed by atoms with E-state index in [1.165, 1.54) is 6.92 Å². The lowest BCUT2D eigenvalue weighted by Gasteiger charge is -2.42. The predicted molar refractivity (Wildman–Crippen MR) is 61.6 cm³/mol. The number of amides is 1. The molecule has 1 aliphatic rings. The van der Waals surface area contributed by atoms with E-state index in [1.807, 2.05) is 6.92 Å². The van der Waals surface area contributed by atoms with Crippen molar-refractivity contribution in [2.45, 2.75) is 50.9 Å². The van der Waals surface area contributed by atoms with E-state index in [4.69, 9.17) is 14.6 Å². The van der Waals surface area contributed by atoms with Crippen molar-refractivity contribution in [2.24, 2.45) is 0 Å². The molecule has 1 saturated heterocycles. The summed E-state index contributed by atoms with van der Waals surface area (Å²) in [5.41, 5.74) is 0. The first-order chi connectivity index (χ1) is 8.51. The highest BCUT2D eigenvalue weighted by Gasteiger charge is 2.45. The summed E-state index contributed by atoms with van der Waals surface area (Å²) in [5.74, 6) is -0.359. The molecule has 106 valence electrons. The number of hydrogen-bond acceptors (Lipinski definition) is 6. The largest absolute Gasteiger partial charge is 0.394 e. The first-order valence-corrected chi connectivity index (χ1v) is 6.02. The summed E-state index contributed by atoms with van der Waals surface area (Å²) in [6.07, 6.45) is -3.58.